The van der Waals surface area contributed by atoms with E-state index >= 15 is 0 Å². The molecule has 0 aliphatic carbocycles. The molecular formula is C44H51N7O8. The van der Waals surface area contributed by atoms with Crippen LogP contribution in [0, 0.1) is 0 Å². The Morgan fingerprint density at radius 2 is 0.797 bits per heavy atom. The van der Waals surface area contributed by atoms with Gasteiger partial charge >= 0.3 is 0 Å². The van der Waals surface area contributed by atoms with Gasteiger partial charge in [-0.1, -0.05) is 121 Å². The molecule has 5 rings (SSSR count). The minimum Gasteiger partial charge on any atom is -0.391 e. The fourth-order valence-corrected chi connectivity index (χ4v) is 6.64. The predicted octanol–water partition coefficient (Wildman–Crippen LogP) is -0.200. The second kappa shape index (κ2) is 21.9. The lowest BCUT2D eigenvalue weighted by atomic mass is 10.0. The molecule has 15 nitrogen and oxygen atoms in total. The Morgan fingerprint density at radius 3 is 1.17 bits per heavy atom. The van der Waals surface area contributed by atoms with Crippen LogP contribution < -0.4 is 37.2 Å². The van der Waals surface area contributed by atoms with Gasteiger partial charge in [0.25, 0.3) is 0 Å². The smallest absolute Gasteiger partial charge is 0.243 e. The number of aliphatic hydroxyl groups is 2. The van der Waals surface area contributed by atoms with Gasteiger partial charge in [0.1, 0.15) is 24.4 Å². The average Bonchev–Trinajstić information content (AvgIpc) is 3.23. The average molecular weight is 806 g/mol. The zero-order valence-corrected chi connectivity index (χ0v) is 32.7. The van der Waals surface area contributed by atoms with Crippen molar-refractivity contribution in [1.82, 2.24) is 37.2 Å². The van der Waals surface area contributed by atoms with Crippen LogP contribution in [0.1, 0.15) is 29.2 Å². The van der Waals surface area contributed by atoms with Crippen LogP contribution in [-0.4, -0.2) is 101 Å². The first-order valence-corrected chi connectivity index (χ1v) is 19.5. The van der Waals surface area contributed by atoms with Gasteiger partial charge in [-0.05, 0) is 35.6 Å². The summed E-state index contributed by atoms with van der Waals surface area (Å²) in [5, 5.41) is 40.7. The van der Waals surface area contributed by atoms with E-state index in [0.29, 0.717) is 22.3 Å². The number of benzene rings is 4. The highest BCUT2D eigenvalue weighted by Gasteiger charge is 2.34. The molecule has 9 N–H and O–H groups in total. The fourth-order valence-electron chi connectivity index (χ4n) is 6.64. The third-order valence-electron chi connectivity index (χ3n) is 9.77. The molecule has 7 unspecified atom stereocenters. The molecular weight excluding hydrogens is 755 g/mol. The molecule has 59 heavy (non-hydrogen) atoms. The summed E-state index contributed by atoms with van der Waals surface area (Å²) in [5.41, 5.74) is 2.83. The van der Waals surface area contributed by atoms with E-state index in [1.807, 2.05) is 0 Å². The van der Waals surface area contributed by atoms with Crippen molar-refractivity contribution in [3.63, 3.8) is 0 Å². The van der Waals surface area contributed by atoms with Crippen molar-refractivity contribution in [2.24, 2.45) is 0 Å². The van der Waals surface area contributed by atoms with Gasteiger partial charge in [-0.2, -0.15) is 0 Å². The summed E-state index contributed by atoms with van der Waals surface area (Å²) < 4.78 is 0. The van der Waals surface area contributed by atoms with Gasteiger partial charge in [0.15, 0.2) is 0 Å². The van der Waals surface area contributed by atoms with E-state index in [1.54, 1.807) is 121 Å². The van der Waals surface area contributed by atoms with E-state index in [2.05, 4.69) is 37.2 Å². The summed E-state index contributed by atoms with van der Waals surface area (Å²) in [6, 6.07) is 29.5. The van der Waals surface area contributed by atoms with Gasteiger partial charge in [-0.15, -0.1) is 0 Å². The molecule has 0 aromatic heterocycles. The summed E-state index contributed by atoms with van der Waals surface area (Å²) in [6.45, 7) is 0.193. The van der Waals surface area contributed by atoms with Crippen molar-refractivity contribution in [2.45, 2.75) is 75.1 Å². The van der Waals surface area contributed by atoms with Gasteiger partial charge in [-0.3, -0.25) is 34.1 Å². The fraction of sp³-hybridized carbons (Fsp3) is 0.318. The van der Waals surface area contributed by atoms with Crippen molar-refractivity contribution in [3.8, 4) is 0 Å². The second-order valence-corrected chi connectivity index (χ2v) is 14.4. The Labute approximate surface area is 342 Å². The molecule has 1 aliphatic rings. The number of hydrogen-bond acceptors (Lipinski definition) is 9. The maximum absolute atomic E-state index is 14.1. The highest BCUT2D eigenvalue weighted by molar-refractivity contribution is 5.95. The number of carbonyl (C=O) groups is 6. The normalized spacial score (nSPS) is 23.5. The van der Waals surface area contributed by atoms with Crippen LogP contribution in [0.4, 0.5) is 0 Å². The van der Waals surface area contributed by atoms with Crippen LogP contribution in [0.2, 0.25) is 0 Å². The van der Waals surface area contributed by atoms with E-state index in [1.165, 1.54) is 6.92 Å². The zero-order chi connectivity index (χ0) is 42.1. The van der Waals surface area contributed by atoms with E-state index in [9.17, 15) is 39.0 Å². The largest absolute Gasteiger partial charge is 0.391 e. The van der Waals surface area contributed by atoms with Gasteiger partial charge < -0.3 is 42.1 Å². The highest BCUT2D eigenvalue weighted by atomic mass is 16.3. The maximum Gasteiger partial charge on any atom is 0.243 e. The van der Waals surface area contributed by atoms with Crippen LogP contribution in [0.25, 0.3) is 0 Å². The van der Waals surface area contributed by atoms with Crippen molar-refractivity contribution >= 4 is 35.4 Å². The van der Waals surface area contributed by atoms with Gasteiger partial charge in [-0.25, -0.2) is 0 Å². The lowest BCUT2D eigenvalue weighted by Crippen LogP contribution is -2.62. The first-order chi connectivity index (χ1) is 28.4. The highest BCUT2D eigenvalue weighted by Crippen LogP contribution is 2.11. The predicted molar refractivity (Wildman–Crippen MR) is 219 cm³/mol. The van der Waals surface area contributed by atoms with Gasteiger partial charge in [0, 0.05) is 19.3 Å². The zero-order valence-electron chi connectivity index (χ0n) is 32.7. The molecule has 1 aliphatic heterocycles. The summed E-state index contributed by atoms with van der Waals surface area (Å²) >= 11 is 0. The molecule has 0 spiro atoms. The van der Waals surface area contributed by atoms with Gasteiger partial charge in [0.05, 0.1) is 31.3 Å². The number of rotatable bonds is 9. The standard InChI is InChI=1S/C44H51N7O8/c1-28(52)39-44(59)50-36(25-32-20-12-5-13-21-32)43(58)49-34(23-30-16-8-3-9-17-30)40(55)45-26-37(53)47-35(24-31-18-10-4-11-19-31)42(57)48-33(22-29-14-6-2-7-15-29)41(56)46-27-38(54)51-39/h2-21,28,33-36,39,44,50,52,59H,22-27H2,1H3,(H,45,55)(H,46,56)(H,47,53)(H,48,57)(H,49,58)(H,51,54). The second-order valence-electron chi connectivity index (χ2n) is 14.4. The van der Waals surface area contributed by atoms with E-state index in [-0.39, 0.29) is 25.7 Å². The molecule has 0 saturated carbocycles. The molecule has 1 fully saturated rings. The molecule has 1 heterocycles. The summed E-state index contributed by atoms with van der Waals surface area (Å²) in [7, 11) is 0. The third kappa shape index (κ3) is 13.9. The van der Waals surface area contributed by atoms with Crippen molar-refractivity contribution < 1.29 is 39.0 Å². The molecule has 4 aromatic rings. The minimum atomic E-state index is -1.69. The number of aliphatic hydroxyl groups excluding tert-OH is 2. The molecule has 310 valence electrons. The van der Waals surface area contributed by atoms with Crippen LogP contribution in [0.15, 0.2) is 121 Å². The first kappa shape index (κ1) is 43.7. The number of amides is 6. The van der Waals surface area contributed by atoms with Crippen molar-refractivity contribution in [1.29, 1.82) is 0 Å². The molecule has 0 radical (unpaired) electrons. The van der Waals surface area contributed by atoms with Crippen LogP contribution in [-0.2, 0) is 54.5 Å². The molecule has 1 saturated heterocycles. The Bertz CT molecular complexity index is 2000. The molecule has 0 bridgehead atoms. The number of nitrogens with one attached hydrogen (secondary N) is 7. The van der Waals surface area contributed by atoms with Crippen molar-refractivity contribution in [2.75, 3.05) is 13.1 Å². The van der Waals surface area contributed by atoms with Crippen molar-refractivity contribution in [3.05, 3.63) is 144 Å². The molecule has 7 atom stereocenters. The summed E-state index contributed by atoms with van der Waals surface area (Å²) in [4.78, 5) is 82.4. The van der Waals surface area contributed by atoms with E-state index in [4.69, 9.17) is 0 Å². The lowest BCUT2D eigenvalue weighted by molar-refractivity contribution is -0.133. The Kier molecular flexibility index (Phi) is 16.2. The van der Waals surface area contributed by atoms with Crippen LogP contribution in [0.5, 0.6) is 0 Å². The molecule has 15 heteroatoms. The first-order valence-electron chi connectivity index (χ1n) is 19.5. The maximum atomic E-state index is 14.1. The lowest BCUT2D eigenvalue weighted by Gasteiger charge is -2.31. The SMILES string of the molecule is CC(O)C1NC(=O)CNC(=O)C(Cc2ccccc2)NC(=O)C(Cc2ccccc2)NC(=O)CNC(=O)C(Cc2ccccc2)NC(=O)C(Cc2ccccc2)NC1O. The van der Waals surface area contributed by atoms with E-state index in [0.717, 1.165) is 0 Å². The summed E-state index contributed by atoms with van der Waals surface area (Å²) in [6.07, 6.45) is -2.88. The Morgan fingerprint density at radius 1 is 0.475 bits per heavy atom. The number of hydrogen-bond donors (Lipinski definition) is 9. The Balaban J connectivity index is 1.48. The van der Waals surface area contributed by atoms with Gasteiger partial charge in [0.2, 0.25) is 35.4 Å². The quantitative estimate of drug-likeness (QED) is 0.109. The molecule has 6 amide bonds. The third-order valence-corrected chi connectivity index (χ3v) is 9.77. The van der Waals surface area contributed by atoms with Crippen LogP contribution in [0.3, 0.4) is 0 Å². The number of carbonyl (C=O) groups excluding carboxylic acids is 6. The monoisotopic (exact) mass is 805 g/mol. The van der Waals surface area contributed by atoms with Crippen LogP contribution >= 0.6 is 0 Å². The molecule has 4 aromatic carbocycles. The van der Waals surface area contributed by atoms with E-state index < -0.39 is 91.1 Å². The topological polar surface area (TPSA) is 227 Å². The minimum absolute atomic E-state index is 0.0354. The summed E-state index contributed by atoms with van der Waals surface area (Å²) in [5.74, 6) is -4.27. The Hall–Kier alpha value is -6.42.